The SMILES string of the molecule is O[C@@H]1CCC[C@@H]1N1CCN(CCOc2ccccc2)CC1. The second-order valence-corrected chi connectivity index (χ2v) is 6.10. The van der Waals surface area contributed by atoms with Crippen LogP contribution in [-0.4, -0.2) is 66.4 Å². The predicted molar refractivity (Wildman–Crippen MR) is 83.6 cm³/mol. The van der Waals surface area contributed by atoms with Gasteiger partial charge in [0.15, 0.2) is 0 Å². The Labute approximate surface area is 127 Å². The highest BCUT2D eigenvalue weighted by molar-refractivity contribution is 5.20. The van der Waals surface area contributed by atoms with E-state index < -0.39 is 0 Å². The number of nitrogens with zero attached hydrogens (tertiary/aromatic N) is 2. The Bertz CT molecular complexity index is 418. The lowest BCUT2D eigenvalue weighted by atomic mass is 10.1. The fourth-order valence-electron chi connectivity index (χ4n) is 3.47. The minimum Gasteiger partial charge on any atom is -0.492 e. The Balaban J connectivity index is 1.36. The molecule has 1 aliphatic carbocycles. The fraction of sp³-hybridized carbons (Fsp3) is 0.647. The molecule has 116 valence electrons. The van der Waals surface area contributed by atoms with E-state index in [4.69, 9.17) is 4.74 Å². The summed E-state index contributed by atoms with van der Waals surface area (Å²) >= 11 is 0. The number of piperazine rings is 1. The fourth-order valence-corrected chi connectivity index (χ4v) is 3.47. The summed E-state index contributed by atoms with van der Waals surface area (Å²) in [6.07, 6.45) is 3.23. The van der Waals surface area contributed by atoms with Crippen molar-refractivity contribution in [1.82, 2.24) is 9.80 Å². The van der Waals surface area contributed by atoms with Crippen LogP contribution in [0.15, 0.2) is 30.3 Å². The Morgan fingerprint density at radius 3 is 2.48 bits per heavy atom. The molecule has 0 aromatic heterocycles. The summed E-state index contributed by atoms with van der Waals surface area (Å²) in [5.41, 5.74) is 0. The molecule has 1 aromatic rings. The topological polar surface area (TPSA) is 35.9 Å². The third-order valence-corrected chi connectivity index (χ3v) is 4.74. The lowest BCUT2D eigenvalue weighted by molar-refractivity contribution is 0.0325. The summed E-state index contributed by atoms with van der Waals surface area (Å²) < 4.78 is 5.76. The van der Waals surface area contributed by atoms with Crippen LogP contribution >= 0.6 is 0 Å². The van der Waals surface area contributed by atoms with E-state index in [1.54, 1.807) is 0 Å². The predicted octanol–water partition coefficient (Wildman–Crippen LogP) is 1.60. The van der Waals surface area contributed by atoms with Crippen molar-refractivity contribution in [1.29, 1.82) is 0 Å². The second kappa shape index (κ2) is 7.25. The van der Waals surface area contributed by atoms with Crippen molar-refractivity contribution >= 4 is 0 Å². The third kappa shape index (κ3) is 3.96. The van der Waals surface area contributed by atoms with Crippen molar-refractivity contribution < 1.29 is 9.84 Å². The first-order valence-electron chi connectivity index (χ1n) is 8.15. The van der Waals surface area contributed by atoms with Gasteiger partial charge in [-0.15, -0.1) is 0 Å². The molecule has 1 aliphatic heterocycles. The Morgan fingerprint density at radius 2 is 1.81 bits per heavy atom. The van der Waals surface area contributed by atoms with Gasteiger partial charge in [-0.25, -0.2) is 0 Å². The number of rotatable bonds is 5. The first-order chi connectivity index (χ1) is 10.3. The summed E-state index contributed by atoms with van der Waals surface area (Å²) in [5, 5.41) is 10.00. The molecule has 1 N–H and O–H groups in total. The van der Waals surface area contributed by atoms with Crippen LogP contribution in [0.5, 0.6) is 5.75 Å². The number of aliphatic hydroxyl groups is 1. The van der Waals surface area contributed by atoms with Crippen LogP contribution in [0.4, 0.5) is 0 Å². The van der Waals surface area contributed by atoms with Gasteiger partial charge in [-0.1, -0.05) is 18.2 Å². The lowest BCUT2D eigenvalue weighted by Crippen LogP contribution is -2.52. The molecule has 21 heavy (non-hydrogen) atoms. The molecule has 0 bridgehead atoms. The minimum absolute atomic E-state index is 0.0991. The molecular weight excluding hydrogens is 264 g/mol. The largest absolute Gasteiger partial charge is 0.492 e. The van der Waals surface area contributed by atoms with Gasteiger partial charge in [-0.2, -0.15) is 0 Å². The van der Waals surface area contributed by atoms with Crippen molar-refractivity contribution in [2.45, 2.75) is 31.4 Å². The van der Waals surface area contributed by atoms with Gasteiger partial charge >= 0.3 is 0 Å². The highest BCUT2D eigenvalue weighted by Crippen LogP contribution is 2.24. The molecular formula is C17H26N2O2. The zero-order valence-electron chi connectivity index (χ0n) is 12.7. The van der Waals surface area contributed by atoms with E-state index in [0.717, 1.165) is 57.9 Å². The first-order valence-corrected chi connectivity index (χ1v) is 8.15. The maximum Gasteiger partial charge on any atom is 0.119 e. The molecule has 1 aromatic carbocycles. The van der Waals surface area contributed by atoms with E-state index in [0.29, 0.717) is 6.04 Å². The summed E-state index contributed by atoms with van der Waals surface area (Å²) in [5.74, 6) is 0.949. The van der Waals surface area contributed by atoms with Gasteiger partial charge in [0.2, 0.25) is 0 Å². The van der Waals surface area contributed by atoms with Crippen molar-refractivity contribution in [2.75, 3.05) is 39.3 Å². The van der Waals surface area contributed by atoms with Gasteiger partial charge in [0.25, 0.3) is 0 Å². The lowest BCUT2D eigenvalue weighted by Gasteiger charge is -2.39. The highest BCUT2D eigenvalue weighted by Gasteiger charge is 2.32. The third-order valence-electron chi connectivity index (χ3n) is 4.74. The van der Waals surface area contributed by atoms with Gasteiger partial charge in [0, 0.05) is 38.8 Å². The van der Waals surface area contributed by atoms with Crippen molar-refractivity contribution in [2.24, 2.45) is 0 Å². The van der Waals surface area contributed by atoms with Gasteiger partial charge in [0.1, 0.15) is 12.4 Å². The number of ether oxygens (including phenoxy) is 1. The number of benzene rings is 1. The van der Waals surface area contributed by atoms with Crippen LogP contribution in [0.25, 0.3) is 0 Å². The molecule has 0 spiro atoms. The van der Waals surface area contributed by atoms with Gasteiger partial charge in [-0.3, -0.25) is 9.80 Å². The first kappa shape index (κ1) is 14.8. The quantitative estimate of drug-likeness (QED) is 0.893. The number of hydrogen-bond donors (Lipinski definition) is 1. The van der Waals surface area contributed by atoms with Gasteiger partial charge < -0.3 is 9.84 Å². The van der Waals surface area contributed by atoms with E-state index in [9.17, 15) is 5.11 Å². The van der Waals surface area contributed by atoms with E-state index in [-0.39, 0.29) is 6.10 Å². The van der Waals surface area contributed by atoms with E-state index in [1.165, 1.54) is 6.42 Å². The van der Waals surface area contributed by atoms with Crippen LogP contribution < -0.4 is 4.74 Å². The van der Waals surface area contributed by atoms with Crippen LogP contribution in [0, 0.1) is 0 Å². The van der Waals surface area contributed by atoms with Crippen molar-refractivity contribution in [3.05, 3.63) is 30.3 Å². The zero-order valence-corrected chi connectivity index (χ0v) is 12.7. The number of para-hydroxylation sites is 1. The molecule has 2 aliphatic rings. The van der Waals surface area contributed by atoms with Crippen LogP contribution in [0.1, 0.15) is 19.3 Å². The van der Waals surface area contributed by atoms with Crippen LogP contribution in [0.3, 0.4) is 0 Å². The molecule has 2 atom stereocenters. The summed E-state index contributed by atoms with van der Waals surface area (Å²) in [4.78, 5) is 4.94. The summed E-state index contributed by atoms with van der Waals surface area (Å²) in [6.45, 7) is 6.05. The maximum atomic E-state index is 10.00. The Morgan fingerprint density at radius 1 is 1.05 bits per heavy atom. The highest BCUT2D eigenvalue weighted by atomic mass is 16.5. The molecule has 1 saturated carbocycles. The molecule has 0 radical (unpaired) electrons. The number of hydrogen-bond acceptors (Lipinski definition) is 4. The summed E-state index contributed by atoms with van der Waals surface area (Å²) in [6, 6.07) is 10.4. The van der Waals surface area contributed by atoms with Gasteiger partial charge in [-0.05, 0) is 31.4 Å². The van der Waals surface area contributed by atoms with Crippen molar-refractivity contribution in [3.63, 3.8) is 0 Å². The monoisotopic (exact) mass is 290 g/mol. The van der Waals surface area contributed by atoms with Crippen LogP contribution in [-0.2, 0) is 0 Å². The van der Waals surface area contributed by atoms with Crippen molar-refractivity contribution in [3.8, 4) is 5.75 Å². The van der Waals surface area contributed by atoms with E-state index in [1.807, 2.05) is 30.3 Å². The Kier molecular flexibility index (Phi) is 5.12. The van der Waals surface area contributed by atoms with E-state index in [2.05, 4.69) is 9.80 Å². The van der Waals surface area contributed by atoms with E-state index >= 15 is 0 Å². The molecule has 1 saturated heterocycles. The molecule has 1 heterocycles. The van der Waals surface area contributed by atoms with Crippen LogP contribution in [0.2, 0.25) is 0 Å². The molecule has 0 amide bonds. The molecule has 4 heteroatoms. The Hall–Kier alpha value is -1.10. The minimum atomic E-state index is -0.0991. The molecule has 2 fully saturated rings. The number of aliphatic hydroxyl groups excluding tert-OH is 1. The maximum absolute atomic E-state index is 10.00. The second-order valence-electron chi connectivity index (χ2n) is 6.10. The summed E-state index contributed by atoms with van der Waals surface area (Å²) in [7, 11) is 0. The molecule has 3 rings (SSSR count). The average Bonchev–Trinajstić information content (AvgIpc) is 2.95. The normalized spacial score (nSPS) is 27.9. The average molecular weight is 290 g/mol. The standard InChI is InChI=1S/C17H26N2O2/c20-17-8-4-7-16(17)19-11-9-18(10-12-19)13-14-21-15-5-2-1-3-6-15/h1-3,5-6,16-17,20H,4,7-14H2/t16-,17+/m0/s1. The van der Waals surface area contributed by atoms with Gasteiger partial charge in [0.05, 0.1) is 6.10 Å². The molecule has 4 nitrogen and oxygen atoms in total. The molecule has 0 unspecified atom stereocenters. The smallest absolute Gasteiger partial charge is 0.119 e. The zero-order chi connectivity index (χ0) is 14.5.